The van der Waals surface area contributed by atoms with E-state index in [-0.39, 0.29) is 11.9 Å². The van der Waals surface area contributed by atoms with Crippen molar-refractivity contribution in [2.45, 2.75) is 26.0 Å². The predicted molar refractivity (Wildman–Crippen MR) is 93.5 cm³/mol. The molecule has 1 heterocycles. The van der Waals surface area contributed by atoms with Crippen molar-refractivity contribution in [1.29, 1.82) is 0 Å². The van der Waals surface area contributed by atoms with E-state index in [4.69, 9.17) is 9.47 Å². The fourth-order valence-corrected chi connectivity index (χ4v) is 2.82. The standard InChI is InChI=1S/C19H22N2O3/c1-13-15(21-16-10-11-20-19(16)22)7-5-9-17(13)24-12-14-6-3-4-8-18(14)23-2/h3-9,16,21H,10-12H2,1-2H3,(H,20,22). The Morgan fingerprint density at radius 3 is 2.71 bits per heavy atom. The Kier molecular flexibility index (Phi) is 4.89. The highest BCUT2D eigenvalue weighted by Gasteiger charge is 2.24. The molecule has 0 radical (unpaired) electrons. The van der Waals surface area contributed by atoms with E-state index in [9.17, 15) is 4.79 Å². The highest BCUT2D eigenvalue weighted by Crippen LogP contribution is 2.28. The van der Waals surface area contributed by atoms with Crippen LogP contribution in [0.4, 0.5) is 5.69 Å². The Morgan fingerprint density at radius 1 is 1.17 bits per heavy atom. The molecule has 3 rings (SSSR count). The lowest BCUT2D eigenvalue weighted by Gasteiger charge is -2.17. The Balaban J connectivity index is 1.72. The number of nitrogens with one attached hydrogen (secondary N) is 2. The maximum atomic E-state index is 11.7. The first-order chi connectivity index (χ1) is 11.7. The van der Waals surface area contributed by atoms with E-state index in [1.165, 1.54) is 0 Å². The summed E-state index contributed by atoms with van der Waals surface area (Å²) in [4.78, 5) is 11.7. The minimum Gasteiger partial charge on any atom is -0.496 e. The zero-order valence-electron chi connectivity index (χ0n) is 14.0. The molecule has 24 heavy (non-hydrogen) atoms. The molecule has 0 saturated carbocycles. The van der Waals surface area contributed by atoms with Crippen LogP contribution >= 0.6 is 0 Å². The van der Waals surface area contributed by atoms with Crippen LogP contribution < -0.4 is 20.1 Å². The number of ether oxygens (including phenoxy) is 2. The van der Waals surface area contributed by atoms with Crippen molar-refractivity contribution < 1.29 is 14.3 Å². The Hall–Kier alpha value is -2.69. The molecule has 2 N–H and O–H groups in total. The van der Waals surface area contributed by atoms with Gasteiger partial charge in [-0.25, -0.2) is 0 Å². The summed E-state index contributed by atoms with van der Waals surface area (Å²) >= 11 is 0. The van der Waals surface area contributed by atoms with Gasteiger partial charge in [0.15, 0.2) is 0 Å². The van der Waals surface area contributed by atoms with Crippen molar-refractivity contribution in [2.75, 3.05) is 19.0 Å². The Labute approximate surface area is 142 Å². The monoisotopic (exact) mass is 326 g/mol. The fourth-order valence-electron chi connectivity index (χ4n) is 2.82. The lowest BCUT2D eigenvalue weighted by molar-refractivity contribution is -0.119. The fraction of sp³-hybridized carbons (Fsp3) is 0.316. The molecular formula is C19H22N2O3. The van der Waals surface area contributed by atoms with Gasteiger partial charge in [0.1, 0.15) is 24.1 Å². The Bertz CT molecular complexity index is 730. The smallest absolute Gasteiger partial charge is 0.242 e. The molecule has 0 aliphatic carbocycles. The first-order valence-electron chi connectivity index (χ1n) is 8.07. The quantitative estimate of drug-likeness (QED) is 0.857. The molecule has 2 aromatic carbocycles. The normalized spacial score (nSPS) is 16.6. The van der Waals surface area contributed by atoms with Gasteiger partial charge in [-0.15, -0.1) is 0 Å². The van der Waals surface area contributed by atoms with Crippen molar-refractivity contribution >= 4 is 11.6 Å². The van der Waals surface area contributed by atoms with Crippen molar-refractivity contribution in [3.8, 4) is 11.5 Å². The molecule has 5 heteroatoms. The summed E-state index contributed by atoms with van der Waals surface area (Å²) in [6, 6.07) is 13.5. The number of carbonyl (C=O) groups is 1. The summed E-state index contributed by atoms with van der Waals surface area (Å²) in [6.07, 6.45) is 0.796. The van der Waals surface area contributed by atoms with Crippen LogP contribution in [0.15, 0.2) is 42.5 Å². The maximum Gasteiger partial charge on any atom is 0.242 e. The van der Waals surface area contributed by atoms with Crippen molar-refractivity contribution in [3.63, 3.8) is 0 Å². The van der Waals surface area contributed by atoms with Gasteiger partial charge < -0.3 is 20.1 Å². The van der Waals surface area contributed by atoms with E-state index in [1.54, 1.807) is 7.11 Å². The van der Waals surface area contributed by atoms with Gasteiger partial charge in [-0.05, 0) is 31.5 Å². The molecule has 1 saturated heterocycles. The largest absolute Gasteiger partial charge is 0.496 e. The highest BCUT2D eigenvalue weighted by atomic mass is 16.5. The van der Waals surface area contributed by atoms with Gasteiger partial charge >= 0.3 is 0 Å². The topological polar surface area (TPSA) is 59.6 Å². The molecule has 1 aliphatic heterocycles. The number of amides is 1. The summed E-state index contributed by atoms with van der Waals surface area (Å²) in [5, 5.41) is 6.14. The number of carbonyl (C=O) groups excluding carboxylic acids is 1. The summed E-state index contributed by atoms with van der Waals surface area (Å²) in [7, 11) is 1.65. The number of benzene rings is 2. The molecule has 1 atom stereocenters. The summed E-state index contributed by atoms with van der Waals surface area (Å²) in [6.45, 7) is 3.14. The van der Waals surface area contributed by atoms with E-state index < -0.39 is 0 Å². The molecule has 1 aliphatic rings. The minimum absolute atomic E-state index is 0.0507. The molecule has 1 amide bonds. The van der Waals surface area contributed by atoms with Crippen LogP contribution in [-0.2, 0) is 11.4 Å². The highest BCUT2D eigenvalue weighted by molar-refractivity contribution is 5.86. The molecule has 5 nitrogen and oxygen atoms in total. The van der Waals surface area contributed by atoms with Gasteiger partial charge in [-0.2, -0.15) is 0 Å². The van der Waals surface area contributed by atoms with Crippen LogP contribution in [0.25, 0.3) is 0 Å². The molecule has 0 aromatic heterocycles. The van der Waals surface area contributed by atoms with Gasteiger partial charge in [0, 0.05) is 23.4 Å². The summed E-state index contributed by atoms with van der Waals surface area (Å²) in [5.41, 5.74) is 2.91. The van der Waals surface area contributed by atoms with Gasteiger partial charge in [-0.1, -0.05) is 24.3 Å². The SMILES string of the molecule is COc1ccccc1COc1cccc(NC2CCNC2=O)c1C. The third-order valence-corrected chi connectivity index (χ3v) is 4.24. The van der Waals surface area contributed by atoms with E-state index in [1.807, 2.05) is 49.4 Å². The first kappa shape index (κ1) is 16.2. The zero-order valence-corrected chi connectivity index (χ0v) is 14.0. The molecule has 1 fully saturated rings. The Morgan fingerprint density at radius 2 is 1.96 bits per heavy atom. The van der Waals surface area contributed by atoms with Gasteiger partial charge in [0.05, 0.1) is 7.11 Å². The van der Waals surface area contributed by atoms with E-state index in [0.29, 0.717) is 6.61 Å². The molecular weight excluding hydrogens is 304 g/mol. The first-order valence-corrected chi connectivity index (χ1v) is 8.07. The lowest BCUT2D eigenvalue weighted by Crippen LogP contribution is -2.29. The van der Waals surface area contributed by atoms with Crippen LogP contribution in [0.3, 0.4) is 0 Å². The minimum atomic E-state index is -0.173. The van der Waals surface area contributed by atoms with Crippen LogP contribution in [0.5, 0.6) is 11.5 Å². The predicted octanol–water partition coefficient (Wildman–Crippen LogP) is 2.88. The number of methoxy groups -OCH3 is 1. The van der Waals surface area contributed by atoms with Crippen LogP contribution in [-0.4, -0.2) is 25.6 Å². The number of hydrogen-bond acceptors (Lipinski definition) is 4. The molecule has 2 aromatic rings. The number of para-hydroxylation sites is 1. The second-order valence-corrected chi connectivity index (χ2v) is 5.81. The third-order valence-electron chi connectivity index (χ3n) is 4.24. The van der Waals surface area contributed by atoms with Crippen molar-refractivity contribution in [3.05, 3.63) is 53.6 Å². The molecule has 0 bridgehead atoms. The maximum absolute atomic E-state index is 11.7. The zero-order chi connectivity index (χ0) is 16.9. The van der Waals surface area contributed by atoms with Crippen LogP contribution in [0.2, 0.25) is 0 Å². The lowest BCUT2D eigenvalue weighted by atomic mass is 10.1. The average Bonchev–Trinajstić information content (AvgIpc) is 3.01. The van der Waals surface area contributed by atoms with Gasteiger partial charge in [0.2, 0.25) is 5.91 Å². The molecule has 0 spiro atoms. The second-order valence-electron chi connectivity index (χ2n) is 5.81. The van der Waals surface area contributed by atoms with Crippen LogP contribution in [0.1, 0.15) is 17.5 Å². The van der Waals surface area contributed by atoms with Gasteiger partial charge in [0.25, 0.3) is 0 Å². The second kappa shape index (κ2) is 7.25. The average molecular weight is 326 g/mol. The van der Waals surface area contributed by atoms with E-state index >= 15 is 0 Å². The molecule has 1 unspecified atom stereocenters. The number of hydrogen-bond donors (Lipinski definition) is 2. The van der Waals surface area contributed by atoms with Crippen molar-refractivity contribution in [1.82, 2.24) is 5.32 Å². The summed E-state index contributed by atoms with van der Waals surface area (Å²) in [5.74, 6) is 1.66. The number of anilines is 1. The number of rotatable bonds is 6. The van der Waals surface area contributed by atoms with E-state index in [0.717, 1.165) is 41.3 Å². The van der Waals surface area contributed by atoms with Crippen LogP contribution in [0, 0.1) is 6.92 Å². The van der Waals surface area contributed by atoms with Crippen molar-refractivity contribution in [2.24, 2.45) is 0 Å². The third kappa shape index (κ3) is 3.45. The molecule has 126 valence electrons. The summed E-state index contributed by atoms with van der Waals surface area (Å²) < 4.78 is 11.3. The van der Waals surface area contributed by atoms with E-state index in [2.05, 4.69) is 10.6 Å². The van der Waals surface area contributed by atoms with Gasteiger partial charge in [-0.3, -0.25) is 4.79 Å².